The van der Waals surface area contributed by atoms with Crippen molar-refractivity contribution in [3.05, 3.63) is 35.9 Å². The Hall–Kier alpha value is 0.308. The zero-order chi connectivity index (χ0) is 8.10. The Bertz CT molecular complexity index is 237. The number of rotatable bonds is 3. The van der Waals surface area contributed by atoms with Gasteiger partial charge < -0.3 is 0 Å². The fourth-order valence-corrected chi connectivity index (χ4v) is 1.97. The van der Waals surface area contributed by atoms with Crippen molar-refractivity contribution in [2.24, 2.45) is 0 Å². The quantitative estimate of drug-likeness (QED) is 0.647. The third kappa shape index (κ3) is 4.02. The van der Waals surface area contributed by atoms with Crippen molar-refractivity contribution in [2.45, 2.75) is 6.61 Å². The first-order valence-corrected chi connectivity index (χ1v) is 10.3. The maximum atomic E-state index is 5.27. The second-order valence-electron chi connectivity index (χ2n) is 2.04. The summed E-state index contributed by atoms with van der Waals surface area (Å²) in [5.74, 6) is 0. The Morgan fingerprint density at radius 3 is 2.55 bits per heavy atom. The minimum absolute atomic E-state index is 0.614. The molecule has 0 aliphatic heterocycles. The molecular weight excluding hydrogens is 239 g/mol. The molecule has 0 fully saturated rings. The molecule has 1 nitrogen and oxygen atoms in total. The molecule has 0 radical (unpaired) electrons. The third-order valence-corrected chi connectivity index (χ3v) is 3.31. The van der Waals surface area contributed by atoms with Crippen LogP contribution < -0.4 is 0 Å². The summed E-state index contributed by atoms with van der Waals surface area (Å²) in [5.41, 5.74) is 1.16. The molecule has 0 bridgehead atoms. The first-order valence-electron chi connectivity index (χ1n) is 3.18. The van der Waals surface area contributed by atoms with E-state index in [0.717, 1.165) is 5.56 Å². The molecule has 1 aromatic carbocycles. The molecule has 0 aliphatic carbocycles. The standard InChI is InChI=1S/C7H9AsOS2/c10-8(11)9-6-7-4-2-1-3-5-7/h1-5,8H,6H2,(H,10,11). The van der Waals surface area contributed by atoms with Crippen molar-refractivity contribution >= 4 is 33.4 Å². The Morgan fingerprint density at radius 1 is 1.36 bits per heavy atom. The summed E-state index contributed by atoms with van der Waals surface area (Å²) in [4.78, 5) is 0. The van der Waals surface area contributed by atoms with Gasteiger partial charge in [0.1, 0.15) is 0 Å². The van der Waals surface area contributed by atoms with Crippen LogP contribution in [0.1, 0.15) is 5.56 Å². The van der Waals surface area contributed by atoms with Gasteiger partial charge in [-0.25, -0.2) is 0 Å². The summed E-state index contributed by atoms with van der Waals surface area (Å²) < 4.78 is 5.27. The molecule has 1 atom stereocenters. The van der Waals surface area contributed by atoms with Crippen LogP contribution in [0.5, 0.6) is 0 Å². The molecular formula is C7H9AsOS2. The zero-order valence-electron chi connectivity index (χ0n) is 5.86. The molecule has 1 rings (SSSR count). The Kier molecular flexibility index (Phi) is 4.31. The number of hydrogen-bond acceptors (Lipinski definition) is 2. The summed E-state index contributed by atoms with van der Waals surface area (Å²) >= 11 is -1.79. The van der Waals surface area contributed by atoms with Crippen molar-refractivity contribution in [2.75, 3.05) is 0 Å². The van der Waals surface area contributed by atoms with Gasteiger partial charge in [-0.2, -0.15) is 0 Å². The van der Waals surface area contributed by atoms with Crippen molar-refractivity contribution < 1.29 is 3.73 Å². The van der Waals surface area contributed by atoms with E-state index in [1.54, 1.807) is 0 Å². The average Bonchev–Trinajstić information content (AvgIpc) is 2.03. The molecule has 0 saturated heterocycles. The van der Waals surface area contributed by atoms with Crippen LogP contribution in [-0.4, -0.2) is 12.2 Å². The number of thiol groups is 1. The molecule has 1 unspecified atom stereocenters. The van der Waals surface area contributed by atoms with E-state index in [0.29, 0.717) is 6.61 Å². The second-order valence-corrected chi connectivity index (χ2v) is 9.37. The van der Waals surface area contributed by atoms with E-state index in [-0.39, 0.29) is 0 Å². The molecule has 0 aliphatic rings. The maximum absolute atomic E-state index is 5.27. The predicted molar refractivity (Wildman–Crippen MR) is 55.0 cm³/mol. The molecule has 0 aromatic heterocycles. The monoisotopic (exact) mass is 248 g/mol. The zero-order valence-corrected chi connectivity index (χ0v) is 9.67. The van der Waals surface area contributed by atoms with E-state index in [4.69, 9.17) is 14.1 Å². The van der Waals surface area contributed by atoms with E-state index in [2.05, 4.69) is 10.9 Å². The predicted octanol–water partition coefficient (Wildman–Crippen LogP) is 2.05. The molecule has 11 heavy (non-hydrogen) atoms. The summed E-state index contributed by atoms with van der Waals surface area (Å²) in [7, 11) is 8.97. The fraction of sp³-hybridized carbons (Fsp3) is 0.143. The fourth-order valence-electron chi connectivity index (χ4n) is 0.719. The summed E-state index contributed by atoms with van der Waals surface area (Å²) in [6.45, 7) is 0.614. The molecule has 0 amide bonds. The van der Waals surface area contributed by atoms with Gasteiger partial charge in [-0.05, 0) is 0 Å². The topological polar surface area (TPSA) is 9.23 Å². The molecule has 0 spiro atoms. The summed E-state index contributed by atoms with van der Waals surface area (Å²) in [5, 5.41) is 0. The van der Waals surface area contributed by atoms with Gasteiger partial charge in [-0.15, -0.1) is 0 Å². The van der Waals surface area contributed by atoms with Gasteiger partial charge >= 0.3 is 79.7 Å². The van der Waals surface area contributed by atoms with E-state index in [1.807, 2.05) is 30.3 Å². The van der Waals surface area contributed by atoms with Crippen LogP contribution in [0.2, 0.25) is 0 Å². The van der Waals surface area contributed by atoms with Gasteiger partial charge in [0.25, 0.3) is 0 Å². The van der Waals surface area contributed by atoms with Crippen LogP contribution in [0.25, 0.3) is 0 Å². The SMILES string of the molecule is S=[AsH](S)OCc1ccccc1. The van der Waals surface area contributed by atoms with Crippen LogP contribution in [0.15, 0.2) is 30.3 Å². The Morgan fingerprint density at radius 2 is 2.00 bits per heavy atom. The molecule has 0 N–H and O–H groups in total. The van der Waals surface area contributed by atoms with E-state index in [9.17, 15) is 0 Å². The van der Waals surface area contributed by atoms with Gasteiger partial charge in [0.2, 0.25) is 0 Å². The number of benzene rings is 1. The van der Waals surface area contributed by atoms with Crippen molar-refractivity contribution in [3.63, 3.8) is 0 Å². The third-order valence-electron chi connectivity index (χ3n) is 1.21. The normalized spacial score (nSPS) is 12.8. The van der Waals surface area contributed by atoms with Crippen LogP contribution in [0, 0.1) is 0 Å². The van der Waals surface area contributed by atoms with Crippen LogP contribution in [0.3, 0.4) is 0 Å². The first kappa shape index (κ1) is 9.40. The first-order chi connectivity index (χ1) is 5.29. The Balaban J connectivity index is 2.45. The van der Waals surface area contributed by atoms with Gasteiger partial charge in [0.05, 0.1) is 0 Å². The van der Waals surface area contributed by atoms with Gasteiger partial charge in [-0.1, -0.05) is 0 Å². The second kappa shape index (κ2) is 5.04. The van der Waals surface area contributed by atoms with Crippen LogP contribution >= 0.6 is 21.3 Å². The molecule has 4 heteroatoms. The number of hydrogen-bond donors (Lipinski definition) is 1. The summed E-state index contributed by atoms with van der Waals surface area (Å²) in [6, 6.07) is 9.99. The van der Waals surface area contributed by atoms with E-state index in [1.165, 1.54) is 0 Å². The van der Waals surface area contributed by atoms with Gasteiger partial charge in [-0.3, -0.25) is 0 Å². The van der Waals surface area contributed by atoms with Gasteiger partial charge in [0.15, 0.2) is 0 Å². The molecule has 0 heterocycles. The van der Waals surface area contributed by atoms with Crippen LogP contribution in [0.4, 0.5) is 0 Å². The van der Waals surface area contributed by atoms with Crippen molar-refractivity contribution in [1.82, 2.24) is 0 Å². The minimum atomic E-state index is -1.79. The van der Waals surface area contributed by atoms with E-state index < -0.39 is 12.2 Å². The van der Waals surface area contributed by atoms with E-state index >= 15 is 0 Å². The molecule has 60 valence electrons. The van der Waals surface area contributed by atoms with Crippen molar-refractivity contribution in [3.8, 4) is 0 Å². The van der Waals surface area contributed by atoms with Crippen LogP contribution in [-0.2, 0) is 10.3 Å². The Labute approximate surface area is 79.5 Å². The van der Waals surface area contributed by atoms with Gasteiger partial charge in [0, 0.05) is 0 Å². The molecule has 1 aromatic rings. The summed E-state index contributed by atoms with van der Waals surface area (Å²) in [6.07, 6.45) is 0. The average molecular weight is 248 g/mol. The van der Waals surface area contributed by atoms with Crippen molar-refractivity contribution in [1.29, 1.82) is 0 Å². The molecule has 0 saturated carbocycles.